The molecule has 0 amide bonds. The lowest BCUT2D eigenvalue weighted by Crippen LogP contribution is -2.11. The lowest BCUT2D eigenvalue weighted by Gasteiger charge is -2.18. The van der Waals surface area contributed by atoms with Crippen molar-refractivity contribution >= 4 is 43.6 Å². The number of alkyl halides is 3. The van der Waals surface area contributed by atoms with Gasteiger partial charge in [-0.25, -0.2) is 0 Å². The van der Waals surface area contributed by atoms with E-state index in [9.17, 15) is 15.8 Å². The number of aromatic nitrogens is 2. The van der Waals surface area contributed by atoms with E-state index >= 15 is 13.2 Å². The smallest absolute Gasteiger partial charge is 0.309 e. The third-order valence-electron chi connectivity index (χ3n) is 10.00. The van der Waals surface area contributed by atoms with Gasteiger partial charge in [-0.2, -0.15) is 29.0 Å². The molecule has 0 radical (unpaired) electrons. The number of nitrogens with zero attached hydrogens (tertiary/aromatic N) is 5. The lowest BCUT2D eigenvalue weighted by molar-refractivity contribution is -0.137. The van der Waals surface area contributed by atoms with E-state index in [1.54, 1.807) is 41.0 Å². The molecule has 0 aliphatic carbocycles. The molecule has 8 heteroatoms. The van der Waals surface area contributed by atoms with Crippen LogP contribution in [-0.4, -0.2) is 9.13 Å². The molecule has 0 spiro atoms. The lowest BCUT2D eigenvalue weighted by atomic mass is 9.97. The number of para-hydroxylation sites is 3. The molecule has 254 valence electrons. The maximum absolute atomic E-state index is 15.0. The average molecular weight is 704 g/mol. The second-order valence-electron chi connectivity index (χ2n) is 13.1. The molecule has 9 aromatic rings. The predicted molar refractivity (Wildman–Crippen MR) is 205 cm³/mol. The van der Waals surface area contributed by atoms with Crippen molar-refractivity contribution in [1.29, 1.82) is 15.8 Å². The normalized spacial score (nSPS) is 11.6. The van der Waals surface area contributed by atoms with Crippen molar-refractivity contribution in [3.05, 3.63) is 168 Å². The molecule has 0 aliphatic rings. The number of nitriles is 3. The van der Waals surface area contributed by atoms with Gasteiger partial charge in [-0.3, -0.25) is 0 Å². The molecule has 0 saturated heterocycles. The molecule has 0 unspecified atom stereocenters. The Balaban J connectivity index is 1.25. The summed E-state index contributed by atoms with van der Waals surface area (Å²) in [6, 6.07) is 49.5. The maximum atomic E-state index is 15.0. The van der Waals surface area contributed by atoms with Gasteiger partial charge in [0.1, 0.15) is 0 Å². The minimum atomic E-state index is -4.64. The summed E-state index contributed by atoms with van der Waals surface area (Å²) in [4.78, 5) is 0. The van der Waals surface area contributed by atoms with Gasteiger partial charge >= 0.3 is 6.18 Å². The Morgan fingerprint density at radius 2 is 0.889 bits per heavy atom. The van der Waals surface area contributed by atoms with Crippen LogP contribution in [0, 0.1) is 34.0 Å². The highest BCUT2D eigenvalue weighted by Crippen LogP contribution is 2.42. The highest BCUT2D eigenvalue weighted by molar-refractivity contribution is 6.11. The van der Waals surface area contributed by atoms with Crippen molar-refractivity contribution in [3.8, 4) is 51.8 Å². The van der Waals surface area contributed by atoms with Crippen molar-refractivity contribution in [1.82, 2.24) is 9.13 Å². The van der Waals surface area contributed by atoms with E-state index in [0.29, 0.717) is 55.7 Å². The minimum Gasteiger partial charge on any atom is -0.309 e. The number of fused-ring (bicyclic) bond motifs is 6. The molecule has 2 heterocycles. The molecule has 0 atom stereocenters. The van der Waals surface area contributed by atoms with E-state index in [1.807, 2.05) is 102 Å². The van der Waals surface area contributed by atoms with Gasteiger partial charge in [-0.05, 0) is 95.6 Å². The Labute approximate surface area is 306 Å². The minimum absolute atomic E-state index is 0.0506. The van der Waals surface area contributed by atoms with E-state index in [-0.39, 0.29) is 5.69 Å². The number of rotatable bonds is 4. The molecular weight excluding hydrogens is 680 g/mol. The molecule has 9 rings (SSSR count). The van der Waals surface area contributed by atoms with Crippen LogP contribution in [0.3, 0.4) is 0 Å². The zero-order valence-electron chi connectivity index (χ0n) is 28.2. The molecule has 0 bridgehead atoms. The number of halogens is 3. The van der Waals surface area contributed by atoms with Crippen molar-refractivity contribution in [2.24, 2.45) is 0 Å². The Hall–Kier alpha value is -7.60. The molecular formula is C46H24F3N5. The second kappa shape index (κ2) is 12.3. The van der Waals surface area contributed by atoms with Crippen LogP contribution in [0.1, 0.15) is 22.3 Å². The number of hydrogen-bond acceptors (Lipinski definition) is 3. The van der Waals surface area contributed by atoms with Crippen LogP contribution in [0.15, 0.2) is 146 Å². The molecule has 7 aromatic carbocycles. The van der Waals surface area contributed by atoms with Crippen LogP contribution < -0.4 is 0 Å². The van der Waals surface area contributed by atoms with Gasteiger partial charge in [0, 0.05) is 27.1 Å². The third kappa shape index (κ3) is 5.07. The van der Waals surface area contributed by atoms with Crippen molar-refractivity contribution < 1.29 is 13.2 Å². The summed E-state index contributed by atoms with van der Waals surface area (Å²) in [5.74, 6) is 0. The zero-order valence-corrected chi connectivity index (χ0v) is 28.2. The zero-order chi connectivity index (χ0) is 37.1. The molecule has 5 nitrogen and oxygen atoms in total. The predicted octanol–water partition coefficient (Wildman–Crippen LogP) is 11.8. The topological polar surface area (TPSA) is 81.2 Å². The fourth-order valence-electron chi connectivity index (χ4n) is 7.68. The van der Waals surface area contributed by atoms with Gasteiger partial charge in [0.2, 0.25) is 0 Å². The largest absolute Gasteiger partial charge is 0.418 e. The Morgan fingerprint density at radius 3 is 1.46 bits per heavy atom. The van der Waals surface area contributed by atoms with Gasteiger partial charge < -0.3 is 9.13 Å². The van der Waals surface area contributed by atoms with Gasteiger partial charge in [0.05, 0.1) is 73.9 Å². The van der Waals surface area contributed by atoms with E-state index in [2.05, 4.69) is 18.2 Å². The summed E-state index contributed by atoms with van der Waals surface area (Å²) in [5, 5.41) is 32.7. The quantitative estimate of drug-likeness (QED) is 0.183. The summed E-state index contributed by atoms with van der Waals surface area (Å²) in [6.45, 7) is 0. The summed E-state index contributed by atoms with van der Waals surface area (Å²) in [5.41, 5.74) is 6.34. The van der Waals surface area contributed by atoms with Crippen LogP contribution in [-0.2, 0) is 6.18 Å². The Kier molecular flexibility index (Phi) is 7.34. The van der Waals surface area contributed by atoms with Crippen LogP contribution in [0.25, 0.3) is 77.2 Å². The van der Waals surface area contributed by atoms with E-state index in [0.717, 1.165) is 32.6 Å². The standard InChI is InChI=1S/C46H24F3N5/c47-46(48,49)39-24-32(15-18-45(39)54-40-10-4-1-7-34(40)35-8-2-5-11-41(35)54)31-14-17-44-38(23-31)36-9-3-6-12-42(36)53(44)43-16-13-28(25-50)22-37(43)33-20-29(26-51)19-30(21-33)27-52/h1-24H. The molecule has 2 aromatic heterocycles. The maximum Gasteiger partial charge on any atom is 0.418 e. The molecule has 54 heavy (non-hydrogen) atoms. The first-order chi connectivity index (χ1) is 26.3. The summed E-state index contributed by atoms with van der Waals surface area (Å²) >= 11 is 0. The first kappa shape index (κ1) is 32.3. The SMILES string of the molecule is N#Cc1cc(C#N)cc(-c2cc(C#N)ccc2-n2c3ccccc3c3cc(-c4ccc(-n5c6ccccc6c6ccccc65)c(C(F)(F)F)c4)ccc32)c1. The monoisotopic (exact) mass is 703 g/mol. The van der Waals surface area contributed by atoms with Crippen LogP contribution in [0.5, 0.6) is 0 Å². The van der Waals surface area contributed by atoms with Crippen molar-refractivity contribution in [3.63, 3.8) is 0 Å². The Bertz CT molecular complexity index is 3060. The molecule has 0 N–H and O–H groups in total. The third-order valence-corrected chi connectivity index (χ3v) is 10.00. The first-order valence-electron chi connectivity index (χ1n) is 17.0. The average Bonchev–Trinajstić information content (AvgIpc) is 3.72. The van der Waals surface area contributed by atoms with E-state index < -0.39 is 11.7 Å². The van der Waals surface area contributed by atoms with Crippen molar-refractivity contribution in [2.75, 3.05) is 0 Å². The summed E-state index contributed by atoms with van der Waals surface area (Å²) in [6.07, 6.45) is -4.64. The van der Waals surface area contributed by atoms with Gasteiger partial charge in [0.15, 0.2) is 0 Å². The first-order valence-corrected chi connectivity index (χ1v) is 17.0. The molecule has 0 fully saturated rings. The van der Waals surface area contributed by atoms with Gasteiger partial charge in [-0.15, -0.1) is 0 Å². The van der Waals surface area contributed by atoms with Crippen LogP contribution >= 0.6 is 0 Å². The molecule has 0 saturated carbocycles. The van der Waals surface area contributed by atoms with Crippen molar-refractivity contribution in [2.45, 2.75) is 6.18 Å². The highest BCUT2D eigenvalue weighted by Gasteiger charge is 2.35. The van der Waals surface area contributed by atoms with Gasteiger partial charge in [-0.1, -0.05) is 66.7 Å². The Morgan fingerprint density at radius 1 is 0.407 bits per heavy atom. The van der Waals surface area contributed by atoms with Crippen LogP contribution in [0.4, 0.5) is 13.2 Å². The summed E-state index contributed by atoms with van der Waals surface area (Å²) < 4.78 is 48.9. The highest BCUT2D eigenvalue weighted by atomic mass is 19.4. The summed E-state index contributed by atoms with van der Waals surface area (Å²) in [7, 11) is 0. The van der Waals surface area contributed by atoms with Gasteiger partial charge in [0.25, 0.3) is 0 Å². The second-order valence-corrected chi connectivity index (χ2v) is 13.1. The van der Waals surface area contributed by atoms with Crippen LogP contribution in [0.2, 0.25) is 0 Å². The number of benzene rings is 7. The van der Waals surface area contributed by atoms with E-state index in [4.69, 9.17) is 0 Å². The fourth-order valence-corrected chi connectivity index (χ4v) is 7.68. The fraction of sp³-hybridized carbons (Fsp3) is 0.0217. The number of hydrogen-bond donors (Lipinski definition) is 0. The molecule has 0 aliphatic heterocycles. The van der Waals surface area contributed by atoms with E-state index in [1.165, 1.54) is 12.1 Å².